The van der Waals surface area contributed by atoms with Crippen molar-refractivity contribution in [3.05, 3.63) is 0 Å². The predicted octanol–water partition coefficient (Wildman–Crippen LogP) is -4.74. The molecular weight excluding hydrogens is 319 g/mol. The summed E-state index contributed by atoms with van der Waals surface area (Å²) in [6.07, 6.45) is 0. The van der Waals surface area contributed by atoms with Crippen LogP contribution in [-0.4, -0.2) is 69.6 Å². The van der Waals surface area contributed by atoms with Gasteiger partial charge >= 0.3 is 23.9 Å². The third-order valence-electron chi connectivity index (χ3n) is 0. The van der Waals surface area contributed by atoms with E-state index in [-0.39, 0.29) is 104 Å². The van der Waals surface area contributed by atoms with E-state index in [1.807, 2.05) is 0 Å². The summed E-state index contributed by atoms with van der Waals surface area (Å²) >= 11 is 0. The summed E-state index contributed by atoms with van der Waals surface area (Å²) in [6.45, 7) is 0. The van der Waals surface area contributed by atoms with Crippen molar-refractivity contribution in [1.82, 2.24) is 0 Å². The molecule has 0 rings (SSSR count). The van der Waals surface area contributed by atoms with Gasteiger partial charge in [-0.3, -0.25) is 0 Å². The Kier molecular flexibility index (Phi) is 435. The van der Waals surface area contributed by atoms with Gasteiger partial charge < -0.3 is 0 Å². The molecule has 0 saturated heterocycles. The Morgan fingerprint density at radius 2 is 0.833 bits per heavy atom. The molecule has 0 aromatic rings. The molecular formula is H12Al2CuMnSiSn. The van der Waals surface area contributed by atoms with E-state index in [2.05, 4.69) is 0 Å². The molecule has 0 spiro atoms. The number of hydrogen-bond acceptors (Lipinski definition) is 0. The standard InChI is InChI=1S/2Al.Cu.Mn.H4Si.Sn.8H/h;;;;1H4;;;;;;;;;. The predicted molar refractivity (Wildman–Crippen MR) is 39.8 cm³/mol. The van der Waals surface area contributed by atoms with E-state index >= 15 is 0 Å². The van der Waals surface area contributed by atoms with Crippen molar-refractivity contribution < 1.29 is 34.1 Å². The Hall–Kier alpha value is 3.12. The molecule has 0 aliphatic rings. The van der Waals surface area contributed by atoms with Gasteiger partial charge in [-0.15, -0.1) is 0 Å². The van der Waals surface area contributed by atoms with Crippen molar-refractivity contribution in [3.8, 4) is 0 Å². The van der Waals surface area contributed by atoms with Crippen LogP contribution in [0.4, 0.5) is 0 Å². The summed E-state index contributed by atoms with van der Waals surface area (Å²) < 4.78 is 0. The molecule has 0 aliphatic heterocycles. The van der Waals surface area contributed by atoms with E-state index in [4.69, 9.17) is 0 Å². The maximum atomic E-state index is 0. The zero-order chi connectivity index (χ0) is 0. The van der Waals surface area contributed by atoms with Gasteiger partial charge in [0.2, 0.25) is 0 Å². The van der Waals surface area contributed by atoms with Gasteiger partial charge in [0, 0.05) is 34.1 Å². The fourth-order valence-electron chi connectivity index (χ4n) is 0. The van der Waals surface area contributed by atoms with Crippen LogP contribution in [0.2, 0.25) is 0 Å². The quantitative estimate of drug-likeness (QED) is 0.391. The third-order valence-corrected chi connectivity index (χ3v) is 0. The third kappa shape index (κ3) is 27.4. The summed E-state index contributed by atoms with van der Waals surface area (Å²) in [5.41, 5.74) is 0. The summed E-state index contributed by atoms with van der Waals surface area (Å²) in [5, 5.41) is 0. The van der Waals surface area contributed by atoms with E-state index in [1.165, 1.54) is 0 Å². The molecule has 4 radical (unpaired) electrons. The Morgan fingerprint density at radius 1 is 0.833 bits per heavy atom. The SMILES string of the molecule is [AlH3].[AlH3].[Cu].[Mn].[SiH4].[SnH2]. The molecule has 0 unspecified atom stereocenters. The topological polar surface area (TPSA) is 0 Å². The van der Waals surface area contributed by atoms with Crippen LogP contribution in [0.3, 0.4) is 0 Å². The molecule has 0 fully saturated rings. The molecule has 0 aromatic carbocycles. The average Bonchev–Trinajstić information content (AvgIpc) is 0. The minimum atomic E-state index is 0. The molecule has 0 aromatic heterocycles. The molecule has 0 saturated carbocycles. The van der Waals surface area contributed by atoms with E-state index in [9.17, 15) is 0 Å². The molecule has 0 amide bonds. The number of rotatable bonds is 0. The van der Waals surface area contributed by atoms with Gasteiger partial charge in [-0.1, -0.05) is 0 Å². The fraction of sp³-hybridized carbons (Fsp3) is 0. The summed E-state index contributed by atoms with van der Waals surface area (Å²) in [5.74, 6) is 0. The van der Waals surface area contributed by atoms with Gasteiger partial charge in [0.05, 0.1) is 0 Å². The van der Waals surface area contributed by atoms with Crippen molar-refractivity contribution in [2.75, 3.05) is 0 Å². The first-order valence-electron chi connectivity index (χ1n) is 0. The summed E-state index contributed by atoms with van der Waals surface area (Å²) in [7, 11) is 0. The zero-order valence-electron chi connectivity index (χ0n) is 1.39. The molecule has 0 heterocycles. The van der Waals surface area contributed by atoms with Gasteiger partial charge in [0.15, 0.2) is 34.7 Å². The van der Waals surface area contributed by atoms with Crippen molar-refractivity contribution in [1.29, 1.82) is 0 Å². The first kappa shape index (κ1) is 61.8. The van der Waals surface area contributed by atoms with Crippen LogP contribution >= 0.6 is 0 Å². The Bertz CT molecular complexity index is 13.5. The van der Waals surface area contributed by atoms with E-state index in [0.29, 0.717) is 0 Å². The molecule has 6 heteroatoms. The minimum absolute atomic E-state index is 0. The molecule has 44 valence electrons. The van der Waals surface area contributed by atoms with Crippen molar-refractivity contribution >= 4 is 69.6 Å². The van der Waals surface area contributed by atoms with Crippen LogP contribution in [0.5, 0.6) is 0 Å². The average molecular weight is 331 g/mol. The van der Waals surface area contributed by atoms with Gasteiger partial charge in [0.1, 0.15) is 0 Å². The zero-order valence-corrected chi connectivity index (χ0v) is 7.54. The molecule has 0 aliphatic carbocycles. The molecule has 0 nitrogen and oxygen atoms in total. The molecule has 0 atom stereocenters. The van der Waals surface area contributed by atoms with E-state index < -0.39 is 0 Å². The fourth-order valence-corrected chi connectivity index (χ4v) is 0. The van der Waals surface area contributed by atoms with Crippen LogP contribution in [0.25, 0.3) is 0 Å². The second-order valence-corrected chi connectivity index (χ2v) is 0. The van der Waals surface area contributed by atoms with Crippen molar-refractivity contribution in [2.45, 2.75) is 0 Å². The van der Waals surface area contributed by atoms with Crippen LogP contribution in [0.15, 0.2) is 0 Å². The second-order valence-electron chi connectivity index (χ2n) is 0. The van der Waals surface area contributed by atoms with Crippen molar-refractivity contribution in [2.24, 2.45) is 0 Å². The van der Waals surface area contributed by atoms with Gasteiger partial charge in [-0.2, -0.15) is 0 Å². The van der Waals surface area contributed by atoms with Crippen LogP contribution in [0, 0.1) is 0 Å². The first-order valence-corrected chi connectivity index (χ1v) is 0. The monoisotopic (exact) mass is 332 g/mol. The van der Waals surface area contributed by atoms with E-state index in [1.54, 1.807) is 0 Å². The van der Waals surface area contributed by atoms with Gasteiger partial charge in [0.25, 0.3) is 0 Å². The van der Waals surface area contributed by atoms with Crippen LogP contribution in [-0.2, 0) is 34.1 Å². The molecule has 6 heavy (non-hydrogen) atoms. The number of hydrogen-bond donors (Lipinski definition) is 0. The van der Waals surface area contributed by atoms with E-state index in [0.717, 1.165) is 0 Å². The normalized spacial score (nSPS) is 0. The molecule has 0 bridgehead atoms. The summed E-state index contributed by atoms with van der Waals surface area (Å²) in [4.78, 5) is 0. The Labute approximate surface area is 102 Å². The van der Waals surface area contributed by atoms with Crippen LogP contribution in [0.1, 0.15) is 0 Å². The van der Waals surface area contributed by atoms with Gasteiger partial charge in [-0.05, 0) is 11.0 Å². The second kappa shape index (κ2) is 42.3. The van der Waals surface area contributed by atoms with Crippen LogP contribution < -0.4 is 0 Å². The molecule has 0 N–H and O–H groups in total. The Balaban J connectivity index is 0. The summed E-state index contributed by atoms with van der Waals surface area (Å²) in [6, 6.07) is 0. The maximum absolute atomic E-state index is 0. The first-order chi connectivity index (χ1) is 0. The van der Waals surface area contributed by atoms with Gasteiger partial charge in [-0.25, -0.2) is 0 Å². The van der Waals surface area contributed by atoms with Crippen molar-refractivity contribution in [3.63, 3.8) is 0 Å². The Morgan fingerprint density at radius 3 is 0.833 bits per heavy atom.